The van der Waals surface area contributed by atoms with Gasteiger partial charge >= 0.3 is 0 Å². The first-order chi connectivity index (χ1) is 8.66. The molecule has 0 aliphatic heterocycles. The first-order valence-electron chi connectivity index (χ1n) is 5.89. The molecule has 0 heterocycles. The van der Waals surface area contributed by atoms with E-state index < -0.39 is 0 Å². The first-order valence-corrected chi connectivity index (χ1v) is 7.35. The minimum absolute atomic E-state index is 0.318. The molecular weight excluding hydrogens is 357 g/mol. The number of benzene rings is 2. The number of nitrogens with one attached hydrogen (secondary N) is 1. The molecule has 2 aromatic rings. The van der Waals surface area contributed by atoms with Crippen LogP contribution in [-0.4, -0.2) is 0 Å². The smallest absolute Gasteiger partial charge is 0.0450 e. The average molecular weight is 372 g/mol. The van der Waals surface area contributed by atoms with Crippen LogP contribution in [0.25, 0.3) is 0 Å². The van der Waals surface area contributed by atoms with E-state index in [0.29, 0.717) is 6.04 Å². The Morgan fingerprint density at radius 1 is 1.11 bits per heavy atom. The zero-order chi connectivity index (χ0) is 13.0. The average Bonchev–Trinajstić information content (AvgIpc) is 2.38. The van der Waals surface area contributed by atoms with E-state index in [4.69, 9.17) is 11.6 Å². The molecule has 1 unspecified atom stereocenters. The summed E-state index contributed by atoms with van der Waals surface area (Å²) in [6, 6.07) is 16.8. The highest BCUT2D eigenvalue weighted by Gasteiger charge is 2.05. The van der Waals surface area contributed by atoms with Gasteiger partial charge in [0.05, 0.1) is 0 Å². The van der Waals surface area contributed by atoms with Crippen molar-refractivity contribution < 1.29 is 0 Å². The molecule has 0 saturated carbocycles. The van der Waals surface area contributed by atoms with Crippen molar-refractivity contribution >= 4 is 34.2 Å². The zero-order valence-electron chi connectivity index (χ0n) is 10.2. The van der Waals surface area contributed by atoms with E-state index in [-0.39, 0.29) is 0 Å². The molecule has 0 saturated heterocycles. The van der Waals surface area contributed by atoms with Crippen LogP contribution < -0.4 is 5.32 Å². The molecule has 0 radical (unpaired) electrons. The van der Waals surface area contributed by atoms with Gasteiger partial charge in [-0.25, -0.2) is 0 Å². The predicted octanol–water partition coefficient (Wildman–Crippen LogP) is 4.80. The lowest BCUT2D eigenvalue weighted by Crippen LogP contribution is -2.18. The molecule has 2 rings (SSSR count). The Labute approximate surface area is 127 Å². The van der Waals surface area contributed by atoms with E-state index in [1.165, 1.54) is 9.13 Å². The summed E-state index contributed by atoms with van der Waals surface area (Å²) < 4.78 is 1.26. The molecule has 0 spiro atoms. The van der Waals surface area contributed by atoms with Gasteiger partial charge in [0.15, 0.2) is 0 Å². The molecule has 1 atom stereocenters. The molecule has 0 bridgehead atoms. The lowest BCUT2D eigenvalue weighted by Gasteiger charge is -2.15. The normalized spacial score (nSPS) is 12.4. The molecule has 0 aliphatic carbocycles. The fourth-order valence-electron chi connectivity index (χ4n) is 1.77. The minimum Gasteiger partial charge on any atom is -0.306 e. The van der Waals surface area contributed by atoms with Gasteiger partial charge in [-0.2, -0.15) is 0 Å². The van der Waals surface area contributed by atoms with E-state index in [1.54, 1.807) is 0 Å². The van der Waals surface area contributed by atoms with Crippen LogP contribution in [0.2, 0.25) is 5.02 Å². The summed E-state index contributed by atoms with van der Waals surface area (Å²) in [6.45, 7) is 2.95. The van der Waals surface area contributed by atoms with Gasteiger partial charge in [0.1, 0.15) is 0 Å². The van der Waals surface area contributed by atoms with Crippen molar-refractivity contribution in [3.8, 4) is 0 Å². The van der Waals surface area contributed by atoms with Crippen LogP contribution >= 0.6 is 34.2 Å². The number of hydrogen-bond donors (Lipinski definition) is 1. The van der Waals surface area contributed by atoms with Gasteiger partial charge in [0, 0.05) is 21.2 Å². The first kappa shape index (κ1) is 13.8. The quantitative estimate of drug-likeness (QED) is 0.762. The third kappa shape index (κ3) is 3.70. The fraction of sp³-hybridized carbons (Fsp3) is 0.200. The summed E-state index contributed by atoms with van der Waals surface area (Å²) in [5, 5.41) is 4.31. The molecular formula is C15H15ClIN. The van der Waals surface area contributed by atoms with Crippen LogP contribution in [0.5, 0.6) is 0 Å². The van der Waals surface area contributed by atoms with E-state index in [2.05, 4.69) is 65.2 Å². The standard InChI is InChI=1S/C15H15ClIN/c1-11(12-6-8-14(17)9-7-12)18-10-13-4-2-3-5-15(13)16/h2-9,11,18H,10H2,1H3. The molecule has 0 amide bonds. The molecule has 1 nitrogen and oxygen atoms in total. The monoisotopic (exact) mass is 371 g/mol. The topological polar surface area (TPSA) is 12.0 Å². The van der Waals surface area contributed by atoms with Crippen LogP contribution in [-0.2, 0) is 6.54 Å². The van der Waals surface area contributed by atoms with Crippen molar-refractivity contribution in [1.29, 1.82) is 0 Å². The fourth-order valence-corrected chi connectivity index (χ4v) is 2.34. The Hall–Kier alpha value is -0.580. The Morgan fingerprint density at radius 2 is 1.78 bits per heavy atom. The van der Waals surface area contributed by atoms with Crippen LogP contribution in [0.1, 0.15) is 24.1 Å². The van der Waals surface area contributed by atoms with Crippen molar-refractivity contribution in [1.82, 2.24) is 5.32 Å². The van der Waals surface area contributed by atoms with E-state index in [0.717, 1.165) is 17.1 Å². The van der Waals surface area contributed by atoms with Gasteiger partial charge in [-0.05, 0) is 58.8 Å². The molecule has 1 N–H and O–H groups in total. The SMILES string of the molecule is CC(NCc1ccccc1Cl)c1ccc(I)cc1. The van der Waals surface area contributed by atoms with Crippen molar-refractivity contribution in [2.45, 2.75) is 19.5 Å². The maximum Gasteiger partial charge on any atom is 0.0450 e. The Kier molecular flexibility index (Phi) is 5.03. The highest BCUT2D eigenvalue weighted by molar-refractivity contribution is 14.1. The van der Waals surface area contributed by atoms with Crippen LogP contribution in [0.15, 0.2) is 48.5 Å². The van der Waals surface area contributed by atoms with Gasteiger partial charge in [-0.3, -0.25) is 0 Å². The lowest BCUT2D eigenvalue weighted by atomic mass is 10.1. The highest BCUT2D eigenvalue weighted by Crippen LogP contribution is 2.18. The summed E-state index contributed by atoms with van der Waals surface area (Å²) in [5.74, 6) is 0. The van der Waals surface area contributed by atoms with Gasteiger partial charge in [0.25, 0.3) is 0 Å². The lowest BCUT2D eigenvalue weighted by molar-refractivity contribution is 0.575. The Bertz CT molecular complexity index is 510. The molecule has 0 fully saturated rings. The largest absolute Gasteiger partial charge is 0.306 e. The van der Waals surface area contributed by atoms with Crippen molar-refractivity contribution in [3.05, 3.63) is 68.3 Å². The van der Waals surface area contributed by atoms with E-state index >= 15 is 0 Å². The number of hydrogen-bond acceptors (Lipinski definition) is 1. The molecule has 94 valence electrons. The minimum atomic E-state index is 0.318. The van der Waals surface area contributed by atoms with Gasteiger partial charge < -0.3 is 5.32 Å². The predicted molar refractivity (Wildman–Crippen MR) is 85.9 cm³/mol. The summed E-state index contributed by atoms with van der Waals surface area (Å²) in [5.41, 5.74) is 2.43. The van der Waals surface area contributed by atoms with Gasteiger partial charge in [0.2, 0.25) is 0 Å². The van der Waals surface area contributed by atoms with Crippen molar-refractivity contribution in [3.63, 3.8) is 0 Å². The second-order valence-electron chi connectivity index (χ2n) is 4.25. The van der Waals surface area contributed by atoms with Crippen LogP contribution in [0, 0.1) is 3.57 Å². The van der Waals surface area contributed by atoms with Gasteiger partial charge in [-0.15, -0.1) is 0 Å². The molecule has 0 aromatic heterocycles. The number of halogens is 2. The third-order valence-electron chi connectivity index (χ3n) is 2.93. The summed E-state index contributed by atoms with van der Waals surface area (Å²) in [6.07, 6.45) is 0. The zero-order valence-corrected chi connectivity index (χ0v) is 13.1. The third-order valence-corrected chi connectivity index (χ3v) is 4.01. The molecule has 3 heteroatoms. The second-order valence-corrected chi connectivity index (χ2v) is 5.90. The molecule has 2 aromatic carbocycles. The van der Waals surface area contributed by atoms with Crippen LogP contribution in [0.3, 0.4) is 0 Å². The maximum atomic E-state index is 6.13. The molecule has 18 heavy (non-hydrogen) atoms. The second kappa shape index (κ2) is 6.55. The van der Waals surface area contributed by atoms with Crippen molar-refractivity contribution in [2.75, 3.05) is 0 Å². The van der Waals surface area contributed by atoms with Crippen LogP contribution in [0.4, 0.5) is 0 Å². The highest BCUT2D eigenvalue weighted by atomic mass is 127. The van der Waals surface area contributed by atoms with Crippen molar-refractivity contribution in [2.24, 2.45) is 0 Å². The maximum absolute atomic E-state index is 6.13. The van der Waals surface area contributed by atoms with E-state index in [1.807, 2.05) is 18.2 Å². The number of rotatable bonds is 4. The van der Waals surface area contributed by atoms with Gasteiger partial charge in [-0.1, -0.05) is 41.9 Å². The van der Waals surface area contributed by atoms with E-state index in [9.17, 15) is 0 Å². The summed E-state index contributed by atoms with van der Waals surface area (Å²) in [7, 11) is 0. The summed E-state index contributed by atoms with van der Waals surface area (Å²) in [4.78, 5) is 0. The summed E-state index contributed by atoms with van der Waals surface area (Å²) >= 11 is 8.45. The Balaban J connectivity index is 1.98. The molecule has 0 aliphatic rings. The Morgan fingerprint density at radius 3 is 2.44 bits per heavy atom.